The molecule has 0 radical (unpaired) electrons. The van der Waals surface area contributed by atoms with E-state index in [4.69, 9.17) is 20.0 Å². The molecule has 1 aliphatic heterocycles. The summed E-state index contributed by atoms with van der Waals surface area (Å²) in [4.78, 5) is 29.0. The van der Waals surface area contributed by atoms with Crippen molar-refractivity contribution >= 4 is 16.7 Å². The molecule has 3 aromatic rings. The van der Waals surface area contributed by atoms with Crippen LogP contribution in [0, 0.1) is 0 Å². The number of esters is 1. The maximum atomic E-state index is 12.2. The topological polar surface area (TPSA) is 143 Å². The zero-order chi connectivity index (χ0) is 24.7. The number of ether oxygens (including phenoxy) is 2. The van der Waals surface area contributed by atoms with Gasteiger partial charge in [0, 0.05) is 41.0 Å². The second-order valence-electron chi connectivity index (χ2n) is 9.45. The standard InChI is InChI=1S/C25H26N6O4/c1-13-14(2)34-24(33)18-7-4-15(29-22(13)18)8-16-9-19-20(10-27-16)23(35-17-5-6-17)28-11-21(19)25(3,12-32)30-31-26/h4,7,9-11,13-14,17,32H,5-6,8,12H2,1-3H3/t13-,14-,25?/m0/s1. The van der Waals surface area contributed by atoms with Gasteiger partial charge in [-0.2, -0.15) is 0 Å². The third-order valence-electron chi connectivity index (χ3n) is 6.74. The quantitative estimate of drug-likeness (QED) is 0.232. The zero-order valence-corrected chi connectivity index (χ0v) is 19.8. The number of cyclic esters (lactones) is 1. The van der Waals surface area contributed by atoms with Crippen LogP contribution >= 0.6 is 0 Å². The molecule has 0 bridgehead atoms. The van der Waals surface area contributed by atoms with E-state index in [9.17, 15) is 9.90 Å². The molecule has 1 saturated carbocycles. The number of carbonyl (C=O) groups is 1. The first-order valence-corrected chi connectivity index (χ1v) is 11.7. The predicted molar refractivity (Wildman–Crippen MR) is 127 cm³/mol. The third kappa shape index (κ3) is 4.26. The number of carbonyl (C=O) groups excluding carboxylic acids is 1. The van der Waals surface area contributed by atoms with Gasteiger partial charge in [0.15, 0.2) is 0 Å². The molecule has 180 valence electrons. The van der Waals surface area contributed by atoms with Crippen LogP contribution in [0.25, 0.3) is 21.2 Å². The molecule has 3 atom stereocenters. The lowest BCUT2D eigenvalue weighted by Crippen LogP contribution is -2.29. The monoisotopic (exact) mass is 474 g/mol. The van der Waals surface area contributed by atoms with Crippen LogP contribution in [0.4, 0.5) is 0 Å². The van der Waals surface area contributed by atoms with Gasteiger partial charge in [-0.25, -0.2) is 9.78 Å². The number of pyridine rings is 3. The molecule has 35 heavy (non-hydrogen) atoms. The highest BCUT2D eigenvalue weighted by Crippen LogP contribution is 2.37. The number of aliphatic hydroxyl groups excluding tert-OH is 1. The van der Waals surface area contributed by atoms with Gasteiger partial charge in [-0.3, -0.25) is 9.97 Å². The summed E-state index contributed by atoms with van der Waals surface area (Å²) in [7, 11) is 0. The number of azide groups is 1. The van der Waals surface area contributed by atoms with Gasteiger partial charge in [0.2, 0.25) is 5.88 Å². The van der Waals surface area contributed by atoms with Crippen LogP contribution in [0.5, 0.6) is 5.88 Å². The normalized spacial score (nSPS) is 21.0. The number of hydrogen-bond acceptors (Lipinski definition) is 8. The number of aliphatic hydroxyl groups is 1. The Morgan fingerprint density at radius 2 is 2.03 bits per heavy atom. The first kappa shape index (κ1) is 23.0. The summed E-state index contributed by atoms with van der Waals surface area (Å²) in [6.07, 6.45) is 5.60. The summed E-state index contributed by atoms with van der Waals surface area (Å²) >= 11 is 0. The highest BCUT2D eigenvalue weighted by Gasteiger charge is 2.32. The van der Waals surface area contributed by atoms with Gasteiger partial charge in [-0.05, 0) is 61.4 Å². The summed E-state index contributed by atoms with van der Waals surface area (Å²) in [5, 5.41) is 15.3. The van der Waals surface area contributed by atoms with E-state index in [1.165, 1.54) is 0 Å². The fourth-order valence-electron chi connectivity index (χ4n) is 4.26. The largest absolute Gasteiger partial charge is 0.474 e. The smallest absolute Gasteiger partial charge is 0.340 e. The van der Waals surface area contributed by atoms with Crippen LogP contribution < -0.4 is 4.74 Å². The van der Waals surface area contributed by atoms with Crippen molar-refractivity contribution < 1.29 is 19.4 Å². The predicted octanol–water partition coefficient (Wildman–Crippen LogP) is 4.34. The highest BCUT2D eigenvalue weighted by molar-refractivity contribution is 5.92. The van der Waals surface area contributed by atoms with Gasteiger partial charge in [0.05, 0.1) is 28.8 Å². The fourth-order valence-corrected chi connectivity index (χ4v) is 4.26. The zero-order valence-electron chi connectivity index (χ0n) is 19.8. The minimum Gasteiger partial charge on any atom is -0.474 e. The average Bonchev–Trinajstić information content (AvgIpc) is 3.67. The highest BCUT2D eigenvalue weighted by atomic mass is 16.5. The fraction of sp³-hybridized carbons (Fsp3) is 0.440. The van der Waals surface area contributed by atoms with Crippen LogP contribution in [0.15, 0.2) is 35.7 Å². The van der Waals surface area contributed by atoms with Crippen molar-refractivity contribution in [3.8, 4) is 5.88 Å². The molecule has 1 N–H and O–H groups in total. The number of fused-ring (bicyclic) bond motifs is 2. The first-order valence-electron chi connectivity index (χ1n) is 11.7. The summed E-state index contributed by atoms with van der Waals surface area (Å²) in [5.74, 6) is 0.107. The minimum atomic E-state index is -1.20. The second-order valence-corrected chi connectivity index (χ2v) is 9.45. The van der Waals surface area contributed by atoms with Crippen molar-refractivity contribution in [2.45, 2.75) is 63.7 Å². The Hall–Kier alpha value is -3.75. The van der Waals surface area contributed by atoms with Crippen LogP contribution in [0.2, 0.25) is 0 Å². The van der Waals surface area contributed by atoms with Crippen LogP contribution in [0.3, 0.4) is 0 Å². The Morgan fingerprint density at radius 1 is 1.23 bits per heavy atom. The van der Waals surface area contributed by atoms with Gasteiger partial charge in [-0.15, -0.1) is 0 Å². The Bertz CT molecular complexity index is 1370. The molecule has 10 nitrogen and oxygen atoms in total. The van der Waals surface area contributed by atoms with Crippen LogP contribution in [-0.4, -0.2) is 44.8 Å². The molecule has 2 aliphatic rings. The summed E-state index contributed by atoms with van der Waals surface area (Å²) in [6, 6.07) is 5.46. The number of aromatic nitrogens is 3. The lowest BCUT2D eigenvalue weighted by molar-refractivity contribution is 0.0234. The molecule has 1 aliphatic carbocycles. The van der Waals surface area contributed by atoms with E-state index in [0.717, 1.165) is 35.3 Å². The lowest BCUT2D eigenvalue weighted by atomic mass is 9.91. The van der Waals surface area contributed by atoms with E-state index in [-0.39, 0.29) is 30.7 Å². The molecule has 3 aromatic heterocycles. The lowest BCUT2D eigenvalue weighted by Gasteiger charge is -2.27. The summed E-state index contributed by atoms with van der Waals surface area (Å²) in [5.41, 5.74) is 11.2. The maximum Gasteiger partial charge on any atom is 0.340 e. The minimum absolute atomic E-state index is 0.0128. The van der Waals surface area contributed by atoms with Crippen LogP contribution in [-0.2, 0) is 16.7 Å². The number of hydrogen-bond donors (Lipinski definition) is 1. The molecule has 0 aromatic carbocycles. The number of rotatable bonds is 7. The summed E-state index contributed by atoms with van der Waals surface area (Å²) in [6.45, 7) is 5.14. The molecule has 0 spiro atoms. The van der Waals surface area contributed by atoms with Crippen molar-refractivity contribution in [3.63, 3.8) is 0 Å². The van der Waals surface area contributed by atoms with Gasteiger partial charge >= 0.3 is 5.97 Å². The van der Waals surface area contributed by atoms with Crippen molar-refractivity contribution in [1.29, 1.82) is 0 Å². The van der Waals surface area contributed by atoms with Crippen molar-refractivity contribution in [2.24, 2.45) is 5.11 Å². The molecular weight excluding hydrogens is 448 g/mol. The molecule has 1 fully saturated rings. The van der Waals surface area contributed by atoms with E-state index in [1.807, 2.05) is 26.0 Å². The average molecular weight is 475 g/mol. The van der Waals surface area contributed by atoms with Gasteiger partial charge in [0.1, 0.15) is 12.2 Å². The Labute approximate surface area is 202 Å². The maximum absolute atomic E-state index is 12.2. The van der Waals surface area contributed by atoms with E-state index in [0.29, 0.717) is 28.8 Å². The first-order chi connectivity index (χ1) is 16.8. The number of nitrogens with zero attached hydrogens (tertiary/aromatic N) is 6. The van der Waals surface area contributed by atoms with Crippen LogP contribution in [0.1, 0.15) is 72.5 Å². The SMILES string of the molecule is C[C@@H]1OC(=O)c2ccc(Cc3cc4c(C(C)(CO)N=[N+]=[N-])cnc(OC5CC5)c4cn3)nc2[C@H]1C. The third-order valence-corrected chi connectivity index (χ3v) is 6.74. The molecular formula is C25H26N6O4. The van der Waals surface area contributed by atoms with Gasteiger partial charge < -0.3 is 14.6 Å². The molecule has 10 heteroatoms. The molecule has 5 rings (SSSR count). The van der Waals surface area contributed by atoms with E-state index < -0.39 is 5.54 Å². The van der Waals surface area contributed by atoms with Gasteiger partial charge in [-0.1, -0.05) is 12.0 Å². The van der Waals surface area contributed by atoms with E-state index in [1.54, 1.807) is 25.4 Å². The van der Waals surface area contributed by atoms with Crippen molar-refractivity contribution in [3.05, 3.63) is 69.2 Å². The van der Waals surface area contributed by atoms with Gasteiger partial charge in [0.25, 0.3) is 0 Å². The van der Waals surface area contributed by atoms with Crippen molar-refractivity contribution in [1.82, 2.24) is 15.0 Å². The molecule has 1 unspecified atom stereocenters. The molecule has 0 amide bonds. The van der Waals surface area contributed by atoms with E-state index in [2.05, 4.69) is 20.0 Å². The second kappa shape index (κ2) is 8.79. The summed E-state index contributed by atoms with van der Waals surface area (Å²) < 4.78 is 11.4. The Kier molecular flexibility index (Phi) is 5.78. The Balaban J connectivity index is 1.57. The molecule has 0 saturated heterocycles. The van der Waals surface area contributed by atoms with Crippen molar-refractivity contribution in [2.75, 3.05) is 6.61 Å². The van der Waals surface area contributed by atoms with E-state index >= 15 is 0 Å². The molecule has 4 heterocycles. The Morgan fingerprint density at radius 3 is 2.74 bits per heavy atom.